The van der Waals surface area contributed by atoms with Crippen molar-refractivity contribution in [1.82, 2.24) is 30.0 Å². The van der Waals surface area contributed by atoms with Crippen molar-refractivity contribution >= 4 is 22.7 Å². The minimum Gasteiger partial charge on any atom is -0.324 e. The second-order valence-corrected chi connectivity index (χ2v) is 7.81. The van der Waals surface area contributed by atoms with Gasteiger partial charge in [-0.1, -0.05) is 6.07 Å². The fourth-order valence-electron chi connectivity index (χ4n) is 4.51. The molecule has 0 aliphatic carbocycles. The molecule has 3 aromatic rings. The standard InChI is InChI=1S/C21H27N7O/c1-2-27-20(29)18-13-24-21(26-19(18)28(27)17-6-9-22-10-7-17)25-16-4-3-15-12-23-8-5-14(15)11-16/h3-4,11,13,17,22-23H,2,5-10,12H2,1H3,(H,24,25,26). The van der Waals surface area contributed by atoms with Crippen LogP contribution in [0.2, 0.25) is 0 Å². The molecule has 5 rings (SSSR count). The number of piperidine rings is 1. The van der Waals surface area contributed by atoms with Crippen LogP contribution in [0.4, 0.5) is 11.6 Å². The van der Waals surface area contributed by atoms with Gasteiger partial charge in [-0.2, -0.15) is 4.98 Å². The number of rotatable bonds is 4. The Bertz CT molecular complexity index is 1090. The zero-order chi connectivity index (χ0) is 19.8. The van der Waals surface area contributed by atoms with Gasteiger partial charge in [-0.05, 0) is 69.1 Å². The first-order valence-electron chi connectivity index (χ1n) is 10.5. The third-order valence-electron chi connectivity index (χ3n) is 6.01. The number of hydrogen-bond acceptors (Lipinski definition) is 6. The van der Waals surface area contributed by atoms with Crippen molar-refractivity contribution in [3.63, 3.8) is 0 Å². The number of benzene rings is 1. The quantitative estimate of drug-likeness (QED) is 0.628. The highest BCUT2D eigenvalue weighted by molar-refractivity contribution is 5.75. The van der Waals surface area contributed by atoms with Crippen LogP contribution in [0, 0.1) is 0 Å². The van der Waals surface area contributed by atoms with E-state index in [-0.39, 0.29) is 11.6 Å². The van der Waals surface area contributed by atoms with Gasteiger partial charge < -0.3 is 16.0 Å². The number of nitrogens with zero attached hydrogens (tertiary/aromatic N) is 4. The van der Waals surface area contributed by atoms with Crippen molar-refractivity contribution in [3.8, 4) is 0 Å². The molecule has 0 atom stereocenters. The molecule has 0 spiro atoms. The van der Waals surface area contributed by atoms with Crippen LogP contribution in [-0.4, -0.2) is 39.0 Å². The van der Waals surface area contributed by atoms with E-state index in [1.54, 1.807) is 6.20 Å². The summed E-state index contributed by atoms with van der Waals surface area (Å²) in [5, 5.41) is 10.7. The first-order chi connectivity index (χ1) is 14.2. The smallest absolute Gasteiger partial charge is 0.277 e. The van der Waals surface area contributed by atoms with Gasteiger partial charge in [0.05, 0.1) is 6.04 Å². The van der Waals surface area contributed by atoms with Crippen molar-refractivity contribution < 1.29 is 0 Å². The molecule has 1 saturated heterocycles. The molecule has 2 aliphatic rings. The Kier molecular flexibility index (Phi) is 4.81. The molecule has 2 aromatic heterocycles. The first-order valence-corrected chi connectivity index (χ1v) is 10.5. The average molecular weight is 393 g/mol. The first kappa shape index (κ1) is 18.3. The molecule has 0 saturated carbocycles. The van der Waals surface area contributed by atoms with Crippen LogP contribution in [0.15, 0.2) is 29.2 Å². The Morgan fingerprint density at radius 3 is 2.86 bits per heavy atom. The molecule has 3 N–H and O–H groups in total. The Labute approximate surface area is 169 Å². The molecule has 0 radical (unpaired) electrons. The van der Waals surface area contributed by atoms with E-state index in [2.05, 4.69) is 43.8 Å². The predicted molar refractivity (Wildman–Crippen MR) is 114 cm³/mol. The van der Waals surface area contributed by atoms with Gasteiger partial charge in [0.15, 0.2) is 5.65 Å². The summed E-state index contributed by atoms with van der Waals surface area (Å²) in [4.78, 5) is 22.1. The lowest BCUT2D eigenvalue weighted by Crippen LogP contribution is -2.33. The summed E-state index contributed by atoms with van der Waals surface area (Å²) >= 11 is 0. The Hall–Kier alpha value is -2.71. The summed E-state index contributed by atoms with van der Waals surface area (Å²) in [6.45, 7) is 6.48. The van der Waals surface area contributed by atoms with Gasteiger partial charge in [-0.3, -0.25) is 9.48 Å². The lowest BCUT2D eigenvalue weighted by molar-refractivity contribution is 0.306. The van der Waals surface area contributed by atoms with Crippen LogP contribution in [-0.2, 0) is 19.5 Å². The summed E-state index contributed by atoms with van der Waals surface area (Å²) in [6, 6.07) is 6.68. The van der Waals surface area contributed by atoms with Crippen LogP contribution in [0.1, 0.15) is 36.9 Å². The number of hydrogen-bond donors (Lipinski definition) is 3. The number of nitrogens with one attached hydrogen (secondary N) is 3. The van der Waals surface area contributed by atoms with Crippen LogP contribution >= 0.6 is 0 Å². The maximum Gasteiger partial charge on any atom is 0.277 e. The molecule has 0 bridgehead atoms. The number of anilines is 2. The zero-order valence-corrected chi connectivity index (χ0v) is 16.7. The Morgan fingerprint density at radius 2 is 2.03 bits per heavy atom. The van der Waals surface area contributed by atoms with Crippen molar-refractivity contribution in [2.24, 2.45) is 0 Å². The second-order valence-electron chi connectivity index (χ2n) is 7.81. The van der Waals surface area contributed by atoms with Crippen molar-refractivity contribution in [1.29, 1.82) is 0 Å². The Morgan fingerprint density at radius 1 is 1.17 bits per heavy atom. The predicted octanol–water partition coefficient (Wildman–Crippen LogP) is 1.93. The van der Waals surface area contributed by atoms with Gasteiger partial charge in [-0.15, -0.1) is 0 Å². The van der Waals surface area contributed by atoms with E-state index in [9.17, 15) is 4.79 Å². The third-order valence-corrected chi connectivity index (χ3v) is 6.01. The van der Waals surface area contributed by atoms with Gasteiger partial charge in [0.1, 0.15) is 5.39 Å². The summed E-state index contributed by atoms with van der Waals surface area (Å²) in [5.41, 5.74) is 4.41. The number of fused-ring (bicyclic) bond motifs is 2. The number of aromatic nitrogens is 4. The summed E-state index contributed by atoms with van der Waals surface area (Å²) in [6.07, 6.45) is 4.68. The lowest BCUT2D eigenvalue weighted by Gasteiger charge is -2.26. The molecule has 0 unspecified atom stereocenters. The second kappa shape index (κ2) is 7.61. The van der Waals surface area contributed by atoms with Crippen molar-refractivity contribution in [3.05, 3.63) is 45.9 Å². The largest absolute Gasteiger partial charge is 0.324 e. The molecule has 0 amide bonds. The maximum atomic E-state index is 12.9. The summed E-state index contributed by atoms with van der Waals surface area (Å²) in [7, 11) is 0. The highest BCUT2D eigenvalue weighted by Crippen LogP contribution is 2.25. The molecular formula is C21H27N7O. The van der Waals surface area contributed by atoms with Crippen LogP contribution < -0.4 is 21.5 Å². The third kappa shape index (κ3) is 3.32. The molecule has 4 heterocycles. The Balaban J connectivity index is 1.53. The molecular weight excluding hydrogens is 366 g/mol. The van der Waals surface area contributed by atoms with E-state index >= 15 is 0 Å². The fourth-order valence-corrected chi connectivity index (χ4v) is 4.51. The molecule has 2 aliphatic heterocycles. The maximum absolute atomic E-state index is 12.9. The normalized spacial score (nSPS) is 17.4. The highest BCUT2D eigenvalue weighted by Gasteiger charge is 2.23. The van der Waals surface area contributed by atoms with Gasteiger partial charge in [-0.25, -0.2) is 9.67 Å². The van der Waals surface area contributed by atoms with E-state index in [1.165, 1.54) is 11.1 Å². The SMILES string of the molecule is CCn1c(=O)c2cnc(Nc3ccc4c(c3)CCNC4)nc2n1C1CCNCC1. The summed E-state index contributed by atoms with van der Waals surface area (Å²) < 4.78 is 3.91. The fraction of sp³-hybridized carbons (Fsp3) is 0.476. The molecule has 8 nitrogen and oxygen atoms in total. The van der Waals surface area contributed by atoms with E-state index in [4.69, 9.17) is 4.98 Å². The van der Waals surface area contributed by atoms with Crippen molar-refractivity contribution in [2.75, 3.05) is 25.0 Å². The minimum atomic E-state index is -0.00568. The summed E-state index contributed by atoms with van der Waals surface area (Å²) in [5.74, 6) is 0.530. The van der Waals surface area contributed by atoms with Gasteiger partial charge in [0.2, 0.25) is 5.95 Å². The van der Waals surface area contributed by atoms with Crippen molar-refractivity contribution in [2.45, 2.75) is 45.3 Å². The molecule has 29 heavy (non-hydrogen) atoms. The minimum absolute atomic E-state index is 0.00568. The van der Waals surface area contributed by atoms with Gasteiger partial charge >= 0.3 is 0 Å². The molecule has 1 aromatic carbocycles. The topological polar surface area (TPSA) is 88.8 Å². The average Bonchev–Trinajstić information content (AvgIpc) is 3.05. The molecule has 8 heteroatoms. The van der Waals surface area contributed by atoms with E-state index < -0.39 is 0 Å². The van der Waals surface area contributed by atoms with Gasteiger partial charge in [0.25, 0.3) is 5.56 Å². The van der Waals surface area contributed by atoms with Crippen LogP contribution in [0.25, 0.3) is 11.0 Å². The van der Waals surface area contributed by atoms with Crippen LogP contribution in [0.5, 0.6) is 0 Å². The zero-order valence-electron chi connectivity index (χ0n) is 16.7. The van der Waals surface area contributed by atoms with Gasteiger partial charge in [0, 0.05) is 25.0 Å². The molecule has 152 valence electrons. The van der Waals surface area contributed by atoms with E-state index in [1.807, 2.05) is 11.6 Å². The van der Waals surface area contributed by atoms with E-state index in [0.29, 0.717) is 17.9 Å². The molecule has 1 fully saturated rings. The van der Waals surface area contributed by atoms with Crippen LogP contribution in [0.3, 0.4) is 0 Å². The van der Waals surface area contributed by atoms with E-state index in [0.717, 1.165) is 56.8 Å². The monoisotopic (exact) mass is 393 g/mol. The highest BCUT2D eigenvalue weighted by atomic mass is 16.1. The lowest BCUT2D eigenvalue weighted by atomic mass is 10.0.